The van der Waals surface area contributed by atoms with Gasteiger partial charge in [0, 0.05) is 12.5 Å². The molecular formula is C25H30N2O3. The molecule has 0 aromatic heterocycles. The molecule has 2 aliphatic rings. The van der Waals surface area contributed by atoms with E-state index in [1.165, 1.54) is 12.8 Å². The second-order valence-corrected chi connectivity index (χ2v) is 8.35. The van der Waals surface area contributed by atoms with Gasteiger partial charge in [0.25, 0.3) is 0 Å². The maximum absolute atomic E-state index is 13.2. The van der Waals surface area contributed by atoms with Crippen molar-refractivity contribution in [3.8, 4) is 0 Å². The smallest absolute Gasteiger partial charge is 0.411 e. The molecule has 1 fully saturated rings. The molecule has 1 heterocycles. The summed E-state index contributed by atoms with van der Waals surface area (Å²) >= 11 is 0. The van der Waals surface area contributed by atoms with Crippen LogP contribution in [0.2, 0.25) is 0 Å². The van der Waals surface area contributed by atoms with E-state index in [1.54, 1.807) is 4.90 Å². The third kappa shape index (κ3) is 5.02. The Labute approximate surface area is 178 Å². The number of ether oxygens (including phenoxy) is 1. The largest absolute Gasteiger partial charge is 0.445 e. The van der Waals surface area contributed by atoms with Gasteiger partial charge in [-0.05, 0) is 29.5 Å². The zero-order chi connectivity index (χ0) is 20.8. The Kier molecular flexibility index (Phi) is 6.67. The molecule has 1 atom stereocenters. The average molecular weight is 407 g/mol. The van der Waals surface area contributed by atoms with Crippen LogP contribution in [-0.2, 0) is 29.1 Å². The fourth-order valence-corrected chi connectivity index (χ4v) is 4.47. The number of carbonyl (C=O) groups excluding carboxylic acids is 2. The summed E-state index contributed by atoms with van der Waals surface area (Å²) in [6.45, 7) is 0.599. The fourth-order valence-electron chi connectivity index (χ4n) is 4.47. The van der Waals surface area contributed by atoms with Gasteiger partial charge in [0.1, 0.15) is 12.6 Å². The summed E-state index contributed by atoms with van der Waals surface area (Å²) in [6, 6.07) is 17.3. The van der Waals surface area contributed by atoms with Gasteiger partial charge < -0.3 is 10.1 Å². The van der Waals surface area contributed by atoms with Crippen LogP contribution in [0.4, 0.5) is 4.79 Å². The summed E-state index contributed by atoms with van der Waals surface area (Å²) in [5.41, 5.74) is 3.14. The molecular weight excluding hydrogens is 376 g/mol. The first kappa shape index (κ1) is 20.5. The number of benzene rings is 2. The lowest BCUT2D eigenvalue weighted by Gasteiger charge is -2.36. The van der Waals surface area contributed by atoms with Crippen LogP contribution in [0, 0.1) is 0 Å². The number of hydrogen-bond donors (Lipinski definition) is 1. The lowest BCUT2D eigenvalue weighted by molar-refractivity contribution is -0.127. The lowest BCUT2D eigenvalue weighted by atomic mass is 9.93. The SMILES string of the molecule is O=C(NC1CCCCCC1)[C@H]1Cc2ccccc2CN1C(=O)OCc1ccccc1. The highest BCUT2D eigenvalue weighted by Gasteiger charge is 2.36. The molecule has 0 unspecified atom stereocenters. The van der Waals surface area contributed by atoms with Crippen molar-refractivity contribution in [2.45, 2.75) is 70.2 Å². The average Bonchev–Trinajstić information content (AvgIpc) is 3.06. The van der Waals surface area contributed by atoms with Gasteiger partial charge in [-0.1, -0.05) is 80.3 Å². The molecule has 0 spiro atoms. The number of nitrogens with one attached hydrogen (secondary N) is 1. The molecule has 0 bridgehead atoms. The Morgan fingerprint density at radius 1 is 0.900 bits per heavy atom. The number of nitrogens with zero attached hydrogens (tertiary/aromatic N) is 1. The van der Waals surface area contributed by atoms with Crippen LogP contribution in [0.1, 0.15) is 55.2 Å². The van der Waals surface area contributed by atoms with Gasteiger partial charge >= 0.3 is 6.09 Å². The van der Waals surface area contributed by atoms with Crippen molar-refractivity contribution in [2.75, 3.05) is 0 Å². The van der Waals surface area contributed by atoms with Gasteiger partial charge in [-0.3, -0.25) is 9.69 Å². The third-order valence-electron chi connectivity index (χ3n) is 6.19. The summed E-state index contributed by atoms with van der Waals surface area (Å²) in [7, 11) is 0. The summed E-state index contributed by atoms with van der Waals surface area (Å²) < 4.78 is 5.58. The molecule has 1 aliphatic carbocycles. The zero-order valence-corrected chi connectivity index (χ0v) is 17.4. The van der Waals surface area contributed by atoms with Crippen molar-refractivity contribution in [1.29, 1.82) is 0 Å². The van der Waals surface area contributed by atoms with Crippen LogP contribution in [0.3, 0.4) is 0 Å². The minimum Gasteiger partial charge on any atom is -0.445 e. The van der Waals surface area contributed by atoms with E-state index in [-0.39, 0.29) is 18.6 Å². The summed E-state index contributed by atoms with van der Waals surface area (Å²) in [4.78, 5) is 27.8. The molecule has 2 aromatic rings. The molecule has 0 saturated heterocycles. The number of fused-ring (bicyclic) bond motifs is 1. The number of rotatable bonds is 4. The second-order valence-electron chi connectivity index (χ2n) is 8.35. The van der Waals surface area contributed by atoms with Gasteiger partial charge in [-0.25, -0.2) is 4.79 Å². The van der Waals surface area contributed by atoms with E-state index in [2.05, 4.69) is 5.32 Å². The minimum absolute atomic E-state index is 0.0620. The van der Waals surface area contributed by atoms with Crippen molar-refractivity contribution < 1.29 is 14.3 Å². The second kappa shape index (κ2) is 9.79. The van der Waals surface area contributed by atoms with Crippen molar-refractivity contribution >= 4 is 12.0 Å². The summed E-state index contributed by atoms with van der Waals surface area (Å²) in [6.07, 6.45) is 6.91. The van der Waals surface area contributed by atoms with E-state index in [1.807, 2.05) is 54.6 Å². The standard InChI is InChI=1S/C25H30N2O3/c28-24(26-22-14-6-1-2-7-15-22)23-16-20-12-8-9-13-21(20)17-27(23)25(29)30-18-19-10-4-3-5-11-19/h3-5,8-13,22-23H,1-2,6-7,14-18H2,(H,26,28)/t23-/m1/s1. The first-order chi connectivity index (χ1) is 14.7. The lowest BCUT2D eigenvalue weighted by Crippen LogP contribution is -2.54. The van der Waals surface area contributed by atoms with E-state index in [9.17, 15) is 9.59 Å². The third-order valence-corrected chi connectivity index (χ3v) is 6.19. The Morgan fingerprint density at radius 2 is 1.57 bits per heavy atom. The maximum atomic E-state index is 13.2. The molecule has 1 saturated carbocycles. The topological polar surface area (TPSA) is 58.6 Å². The summed E-state index contributed by atoms with van der Waals surface area (Å²) in [5, 5.41) is 3.23. The Bertz CT molecular complexity index is 860. The van der Waals surface area contributed by atoms with Crippen LogP contribution in [0.15, 0.2) is 54.6 Å². The monoisotopic (exact) mass is 406 g/mol. The highest BCUT2D eigenvalue weighted by molar-refractivity contribution is 5.86. The molecule has 30 heavy (non-hydrogen) atoms. The van der Waals surface area contributed by atoms with Crippen molar-refractivity contribution in [2.24, 2.45) is 0 Å². The number of amides is 2. The van der Waals surface area contributed by atoms with Gasteiger partial charge in [0.15, 0.2) is 0 Å². The minimum atomic E-state index is -0.536. The van der Waals surface area contributed by atoms with Crippen LogP contribution < -0.4 is 5.32 Å². The molecule has 1 aliphatic heterocycles. The molecule has 0 radical (unpaired) electrons. The molecule has 5 heteroatoms. The van der Waals surface area contributed by atoms with E-state index >= 15 is 0 Å². The van der Waals surface area contributed by atoms with Crippen molar-refractivity contribution in [3.05, 3.63) is 71.3 Å². The molecule has 1 N–H and O–H groups in total. The number of carbonyl (C=O) groups is 2. The molecule has 2 amide bonds. The first-order valence-electron chi connectivity index (χ1n) is 11.0. The van der Waals surface area contributed by atoms with Crippen LogP contribution in [0.5, 0.6) is 0 Å². The van der Waals surface area contributed by atoms with Crippen LogP contribution in [0.25, 0.3) is 0 Å². The van der Waals surface area contributed by atoms with Gasteiger partial charge in [0.05, 0.1) is 6.54 Å². The van der Waals surface area contributed by atoms with Crippen LogP contribution >= 0.6 is 0 Å². The highest BCUT2D eigenvalue weighted by atomic mass is 16.6. The quantitative estimate of drug-likeness (QED) is 0.756. The zero-order valence-electron chi connectivity index (χ0n) is 17.4. The fraction of sp³-hybridized carbons (Fsp3) is 0.440. The summed E-state index contributed by atoms with van der Waals surface area (Å²) in [5.74, 6) is -0.0620. The molecule has 5 nitrogen and oxygen atoms in total. The maximum Gasteiger partial charge on any atom is 0.411 e. The van der Waals surface area contributed by atoms with Crippen LogP contribution in [-0.4, -0.2) is 29.0 Å². The Morgan fingerprint density at radius 3 is 2.30 bits per heavy atom. The normalized spacial score (nSPS) is 19.5. The molecule has 4 rings (SSSR count). The predicted molar refractivity (Wildman–Crippen MR) is 116 cm³/mol. The highest BCUT2D eigenvalue weighted by Crippen LogP contribution is 2.25. The molecule has 2 aromatic carbocycles. The predicted octanol–water partition coefficient (Wildman–Crippen LogP) is 4.59. The van der Waals surface area contributed by atoms with Gasteiger partial charge in [0.2, 0.25) is 5.91 Å². The van der Waals surface area contributed by atoms with E-state index in [4.69, 9.17) is 4.74 Å². The Balaban J connectivity index is 1.47. The Hall–Kier alpha value is -2.82. The first-order valence-corrected chi connectivity index (χ1v) is 11.0. The van der Waals surface area contributed by atoms with Gasteiger partial charge in [-0.2, -0.15) is 0 Å². The molecule has 158 valence electrons. The number of hydrogen-bond acceptors (Lipinski definition) is 3. The van der Waals surface area contributed by atoms with Crippen molar-refractivity contribution in [3.63, 3.8) is 0 Å². The van der Waals surface area contributed by atoms with Crippen molar-refractivity contribution in [1.82, 2.24) is 10.2 Å². The van der Waals surface area contributed by atoms with E-state index < -0.39 is 12.1 Å². The van der Waals surface area contributed by atoms with E-state index in [0.29, 0.717) is 13.0 Å². The van der Waals surface area contributed by atoms with Gasteiger partial charge in [-0.15, -0.1) is 0 Å². The van der Waals surface area contributed by atoms with E-state index in [0.717, 1.165) is 42.4 Å².